The van der Waals surface area contributed by atoms with Gasteiger partial charge in [-0.2, -0.15) is 0 Å². The van der Waals surface area contributed by atoms with Crippen LogP contribution in [0.5, 0.6) is 17.2 Å². The summed E-state index contributed by atoms with van der Waals surface area (Å²) >= 11 is 0. The van der Waals surface area contributed by atoms with Gasteiger partial charge in [-0.3, -0.25) is 4.79 Å². The lowest BCUT2D eigenvalue weighted by Gasteiger charge is -2.12. The molecule has 0 fully saturated rings. The van der Waals surface area contributed by atoms with Crippen molar-refractivity contribution in [3.8, 4) is 17.2 Å². The molecule has 0 radical (unpaired) electrons. The summed E-state index contributed by atoms with van der Waals surface area (Å²) in [5.41, 5.74) is 4.22. The molecule has 0 bridgehead atoms. The number of nitrogens with zero attached hydrogens (tertiary/aromatic N) is 1. The van der Waals surface area contributed by atoms with Gasteiger partial charge >= 0.3 is 0 Å². The van der Waals surface area contributed by atoms with Crippen molar-refractivity contribution in [3.05, 3.63) is 107 Å². The molecule has 4 rings (SSSR count). The van der Waals surface area contributed by atoms with Crippen LogP contribution in [-0.2, 0) is 19.8 Å². The molecule has 0 unspecified atom stereocenters. The van der Waals surface area contributed by atoms with Gasteiger partial charge in [-0.1, -0.05) is 47.6 Å². The third-order valence-corrected chi connectivity index (χ3v) is 5.60. The molecule has 0 atom stereocenters. The lowest BCUT2D eigenvalue weighted by Crippen LogP contribution is -2.22. The molecule has 180 valence electrons. The van der Waals surface area contributed by atoms with E-state index in [2.05, 4.69) is 10.5 Å². The van der Waals surface area contributed by atoms with Crippen molar-refractivity contribution in [3.63, 3.8) is 0 Å². The maximum Gasteiger partial charge on any atom is 0.251 e. The van der Waals surface area contributed by atoms with Gasteiger partial charge in [-0.25, -0.2) is 0 Å². The van der Waals surface area contributed by atoms with Crippen LogP contribution >= 0.6 is 0 Å². The molecule has 4 aromatic rings. The number of ether oxygens (including phenoxy) is 3. The molecule has 3 aromatic carbocycles. The zero-order chi connectivity index (χ0) is 24.6. The summed E-state index contributed by atoms with van der Waals surface area (Å²) in [5, 5.41) is 6.88. The predicted molar refractivity (Wildman–Crippen MR) is 132 cm³/mol. The first-order valence-electron chi connectivity index (χ1n) is 11.3. The van der Waals surface area contributed by atoms with Gasteiger partial charge in [0.2, 0.25) is 0 Å². The second-order valence-corrected chi connectivity index (χ2v) is 8.06. The highest BCUT2D eigenvalue weighted by atomic mass is 16.5. The number of hydrogen-bond acceptors (Lipinski definition) is 6. The number of aryl methyl sites for hydroxylation is 2. The van der Waals surface area contributed by atoms with Crippen LogP contribution in [0.1, 0.15) is 38.5 Å². The van der Waals surface area contributed by atoms with Gasteiger partial charge in [0.1, 0.15) is 24.7 Å². The molecule has 0 saturated carbocycles. The summed E-state index contributed by atoms with van der Waals surface area (Å²) in [4.78, 5) is 12.7. The van der Waals surface area contributed by atoms with Crippen molar-refractivity contribution in [2.24, 2.45) is 0 Å². The highest BCUT2D eigenvalue weighted by Crippen LogP contribution is 2.29. The summed E-state index contributed by atoms with van der Waals surface area (Å²) in [6, 6.07) is 22.8. The van der Waals surface area contributed by atoms with E-state index in [0.717, 1.165) is 28.1 Å². The van der Waals surface area contributed by atoms with Crippen LogP contribution in [0.15, 0.2) is 77.3 Å². The molecule has 0 aliphatic carbocycles. The Kier molecular flexibility index (Phi) is 7.67. The first kappa shape index (κ1) is 23.9. The van der Waals surface area contributed by atoms with Crippen LogP contribution in [0.25, 0.3) is 0 Å². The molecule has 0 aliphatic rings. The molecule has 1 aromatic heterocycles. The summed E-state index contributed by atoms with van der Waals surface area (Å²) in [6.07, 6.45) is 0. The average Bonchev–Trinajstić information content (AvgIpc) is 3.22. The minimum atomic E-state index is -0.197. The van der Waals surface area contributed by atoms with Gasteiger partial charge in [-0.05, 0) is 55.3 Å². The molecule has 7 nitrogen and oxygen atoms in total. The molecule has 1 amide bonds. The maximum atomic E-state index is 12.7. The Labute approximate surface area is 204 Å². The summed E-state index contributed by atoms with van der Waals surface area (Å²) < 4.78 is 22.3. The number of benzene rings is 3. The second-order valence-electron chi connectivity index (χ2n) is 8.06. The fraction of sp³-hybridized carbons (Fsp3) is 0.214. The Morgan fingerprint density at radius 1 is 0.886 bits per heavy atom. The molecule has 0 aliphatic heterocycles. The molecule has 0 spiro atoms. The lowest BCUT2D eigenvalue weighted by atomic mass is 10.1. The summed E-state index contributed by atoms with van der Waals surface area (Å²) in [7, 11) is 1.54. The quantitative estimate of drug-likeness (QED) is 0.333. The molecule has 1 heterocycles. The molecule has 7 heteroatoms. The highest BCUT2D eigenvalue weighted by Gasteiger charge is 2.14. The van der Waals surface area contributed by atoms with E-state index in [9.17, 15) is 4.79 Å². The number of carbonyl (C=O) groups is 1. The largest absolute Gasteiger partial charge is 0.493 e. The van der Waals surface area contributed by atoms with Crippen molar-refractivity contribution < 1.29 is 23.5 Å². The Bertz CT molecular complexity index is 1250. The molecule has 35 heavy (non-hydrogen) atoms. The third kappa shape index (κ3) is 6.20. The van der Waals surface area contributed by atoms with Gasteiger partial charge in [0.05, 0.1) is 18.4 Å². The van der Waals surface area contributed by atoms with E-state index in [1.165, 1.54) is 0 Å². The Morgan fingerprint density at radius 3 is 2.31 bits per heavy atom. The minimum absolute atomic E-state index is 0.197. The first-order chi connectivity index (χ1) is 17.0. The number of methoxy groups -OCH3 is 1. The highest BCUT2D eigenvalue weighted by molar-refractivity contribution is 5.94. The van der Waals surface area contributed by atoms with Gasteiger partial charge in [-0.15, -0.1) is 0 Å². The Hall–Kier alpha value is -4.26. The Balaban J connectivity index is 1.31. The summed E-state index contributed by atoms with van der Waals surface area (Å²) in [5.74, 6) is 2.37. The fourth-order valence-electron chi connectivity index (χ4n) is 3.51. The van der Waals surface area contributed by atoms with Crippen molar-refractivity contribution in [1.82, 2.24) is 10.5 Å². The van der Waals surface area contributed by atoms with Gasteiger partial charge in [0.15, 0.2) is 11.5 Å². The van der Waals surface area contributed by atoms with Crippen LogP contribution in [0.4, 0.5) is 0 Å². The number of nitrogens with one attached hydrogen (secondary N) is 1. The minimum Gasteiger partial charge on any atom is -0.493 e. The zero-order valence-corrected chi connectivity index (χ0v) is 20.0. The number of amides is 1. The number of para-hydroxylation sites is 1. The topological polar surface area (TPSA) is 82.8 Å². The average molecular weight is 473 g/mol. The van der Waals surface area contributed by atoms with Crippen LogP contribution in [-0.4, -0.2) is 18.2 Å². The van der Waals surface area contributed by atoms with Gasteiger partial charge in [0.25, 0.3) is 5.91 Å². The molecular formula is C28H28N2O5. The monoisotopic (exact) mass is 472 g/mol. The normalized spacial score (nSPS) is 10.6. The van der Waals surface area contributed by atoms with E-state index >= 15 is 0 Å². The van der Waals surface area contributed by atoms with Crippen molar-refractivity contribution in [1.29, 1.82) is 0 Å². The van der Waals surface area contributed by atoms with Gasteiger partial charge < -0.3 is 24.1 Å². The zero-order valence-electron chi connectivity index (χ0n) is 20.0. The van der Waals surface area contributed by atoms with Crippen molar-refractivity contribution >= 4 is 5.91 Å². The van der Waals surface area contributed by atoms with Crippen LogP contribution in [0.3, 0.4) is 0 Å². The lowest BCUT2D eigenvalue weighted by molar-refractivity contribution is 0.0950. The van der Waals surface area contributed by atoms with Crippen LogP contribution in [0.2, 0.25) is 0 Å². The second kappa shape index (κ2) is 11.2. The smallest absolute Gasteiger partial charge is 0.251 e. The van der Waals surface area contributed by atoms with E-state index in [4.69, 9.17) is 18.7 Å². The first-order valence-corrected chi connectivity index (χ1v) is 11.3. The SMILES string of the molecule is COc1cc(C(=O)NCc2ccc(COc3ccccc3)cc2)ccc1OCc1c(C)noc1C. The van der Waals surface area contributed by atoms with Crippen molar-refractivity contribution in [2.75, 3.05) is 7.11 Å². The van der Waals surface area contributed by atoms with E-state index in [1.54, 1.807) is 25.3 Å². The van der Waals surface area contributed by atoms with E-state index < -0.39 is 0 Å². The Morgan fingerprint density at radius 2 is 1.63 bits per heavy atom. The van der Waals surface area contributed by atoms with E-state index in [-0.39, 0.29) is 5.91 Å². The van der Waals surface area contributed by atoms with Crippen LogP contribution in [0, 0.1) is 13.8 Å². The van der Waals surface area contributed by atoms with Gasteiger partial charge in [0, 0.05) is 12.1 Å². The number of aromatic nitrogens is 1. The standard InChI is InChI=1S/C28H28N2O5/c1-19-25(20(2)35-30-19)18-34-26-14-13-23(15-27(26)32-3)28(31)29-16-21-9-11-22(12-10-21)17-33-24-7-5-4-6-8-24/h4-15H,16-18H2,1-3H3,(H,29,31). The molecule has 0 saturated heterocycles. The summed E-state index contributed by atoms with van der Waals surface area (Å²) in [6.45, 7) is 4.91. The van der Waals surface area contributed by atoms with Crippen LogP contribution < -0.4 is 19.5 Å². The van der Waals surface area contributed by atoms with Crippen molar-refractivity contribution in [2.45, 2.75) is 33.6 Å². The molecule has 1 N–H and O–H groups in total. The number of carbonyl (C=O) groups excluding carboxylic acids is 1. The third-order valence-electron chi connectivity index (χ3n) is 5.60. The van der Waals surface area contributed by atoms with E-state index in [0.29, 0.717) is 42.6 Å². The number of rotatable bonds is 10. The maximum absolute atomic E-state index is 12.7. The van der Waals surface area contributed by atoms with E-state index in [1.807, 2.05) is 68.4 Å². The number of hydrogen-bond donors (Lipinski definition) is 1. The molecular weight excluding hydrogens is 444 g/mol. The fourth-order valence-corrected chi connectivity index (χ4v) is 3.51. The predicted octanol–water partition coefficient (Wildman–Crippen LogP) is 5.39.